The van der Waals surface area contributed by atoms with Crippen LogP contribution in [0.2, 0.25) is 5.02 Å². The summed E-state index contributed by atoms with van der Waals surface area (Å²) in [6, 6.07) is 14.9. The highest BCUT2D eigenvalue weighted by molar-refractivity contribution is 6.30. The number of nitrogens with one attached hydrogen (secondary N) is 1. The van der Waals surface area contributed by atoms with Crippen LogP contribution in [-0.2, 0) is 13.2 Å². The van der Waals surface area contributed by atoms with Crippen LogP contribution in [0.15, 0.2) is 42.5 Å². The Morgan fingerprint density at radius 2 is 1.95 bits per heavy atom. The standard InChI is InChI=1S/C15H13ClN2O/c16-14-5-4-13(8-17)15(7-14)18-9-11-2-1-3-12(6-11)10-19/h1-7,18-19H,9-10H2. The van der Waals surface area contributed by atoms with Gasteiger partial charge in [-0.15, -0.1) is 0 Å². The van der Waals surface area contributed by atoms with Crippen LogP contribution >= 0.6 is 11.6 Å². The van der Waals surface area contributed by atoms with Gasteiger partial charge in [-0.25, -0.2) is 0 Å². The molecule has 0 aromatic heterocycles. The molecule has 0 atom stereocenters. The summed E-state index contributed by atoms with van der Waals surface area (Å²) in [4.78, 5) is 0. The summed E-state index contributed by atoms with van der Waals surface area (Å²) in [5.41, 5.74) is 3.17. The first-order valence-electron chi connectivity index (χ1n) is 5.85. The Bertz CT molecular complexity index is 620. The molecule has 2 rings (SSSR count). The molecule has 0 aliphatic rings. The number of aliphatic hydroxyl groups excluding tert-OH is 1. The molecule has 0 aliphatic carbocycles. The highest BCUT2D eigenvalue weighted by Crippen LogP contribution is 2.21. The molecule has 0 amide bonds. The van der Waals surface area contributed by atoms with Crippen molar-refractivity contribution in [3.05, 3.63) is 64.2 Å². The van der Waals surface area contributed by atoms with Gasteiger partial charge >= 0.3 is 0 Å². The molecule has 19 heavy (non-hydrogen) atoms. The number of rotatable bonds is 4. The fraction of sp³-hybridized carbons (Fsp3) is 0.133. The molecule has 2 N–H and O–H groups in total. The van der Waals surface area contributed by atoms with Gasteiger partial charge < -0.3 is 10.4 Å². The maximum atomic E-state index is 9.08. The van der Waals surface area contributed by atoms with Crippen LogP contribution in [0.1, 0.15) is 16.7 Å². The number of anilines is 1. The van der Waals surface area contributed by atoms with E-state index >= 15 is 0 Å². The lowest BCUT2D eigenvalue weighted by Crippen LogP contribution is -2.01. The van der Waals surface area contributed by atoms with Gasteiger partial charge in [0.05, 0.1) is 17.9 Å². The zero-order chi connectivity index (χ0) is 13.7. The summed E-state index contributed by atoms with van der Waals surface area (Å²) >= 11 is 5.92. The lowest BCUT2D eigenvalue weighted by molar-refractivity contribution is 0.281. The first-order valence-corrected chi connectivity index (χ1v) is 6.23. The summed E-state index contributed by atoms with van der Waals surface area (Å²) in [6.07, 6.45) is 0. The third-order valence-electron chi connectivity index (χ3n) is 2.76. The Labute approximate surface area is 117 Å². The van der Waals surface area contributed by atoms with Gasteiger partial charge in [0.25, 0.3) is 0 Å². The highest BCUT2D eigenvalue weighted by Gasteiger charge is 2.03. The fourth-order valence-corrected chi connectivity index (χ4v) is 1.97. The molecule has 3 nitrogen and oxygen atoms in total. The van der Waals surface area contributed by atoms with Gasteiger partial charge in [-0.1, -0.05) is 35.9 Å². The van der Waals surface area contributed by atoms with E-state index in [4.69, 9.17) is 22.0 Å². The topological polar surface area (TPSA) is 56.0 Å². The molecule has 4 heteroatoms. The van der Waals surface area contributed by atoms with E-state index in [9.17, 15) is 0 Å². The van der Waals surface area contributed by atoms with Crippen molar-refractivity contribution >= 4 is 17.3 Å². The molecular formula is C15H13ClN2O. The van der Waals surface area contributed by atoms with Gasteiger partial charge in [-0.3, -0.25) is 0 Å². The SMILES string of the molecule is N#Cc1ccc(Cl)cc1NCc1cccc(CO)c1. The minimum atomic E-state index is 0.0223. The van der Waals surface area contributed by atoms with Crippen LogP contribution in [0.3, 0.4) is 0 Å². The van der Waals surface area contributed by atoms with Crippen LogP contribution in [0, 0.1) is 11.3 Å². The fourth-order valence-electron chi connectivity index (χ4n) is 1.80. The molecule has 0 bridgehead atoms. The van der Waals surface area contributed by atoms with E-state index in [1.54, 1.807) is 18.2 Å². The summed E-state index contributed by atoms with van der Waals surface area (Å²) in [5, 5.41) is 21.9. The molecule has 0 radical (unpaired) electrons. The second-order valence-electron chi connectivity index (χ2n) is 4.13. The molecule has 0 aliphatic heterocycles. The first kappa shape index (κ1) is 13.4. The Morgan fingerprint density at radius 3 is 2.68 bits per heavy atom. The van der Waals surface area contributed by atoms with Crippen molar-refractivity contribution in [1.29, 1.82) is 5.26 Å². The van der Waals surface area contributed by atoms with Crippen molar-refractivity contribution in [2.75, 3.05) is 5.32 Å². The van der Waals surface area contributed by atoms with E-state index in [2.05, 4.69) is 11.4 Å². The normalized spacial score (nSPS) is 9.95. The summed E-state index contributed by atoms with van der Waals surface area (Å²) < 4.78 is 0. The van der Waals surface area contributed by atoms with Gasteiger partial charge in [-0.2, -0.15) is 5.26 Å². The summed E-state index contributed by atoms with van der Waals surface area (Å²) in [7, 11) is 0. The van der Waals surface area contributed by atoms with Crippen molar-refractivity contribution in [1.82, 2.24) is 0 Å². The summed E-state index contributed by atoms with van der Waals surface area (Å²) in [5.74, 6) is 0. The Hall–Kier alpha value is -2.02. The van der Waals surface area contributed by atoms with Gasteiger partial charge in [0.1, 0.15) is 6.07 Å². The second-order valence-corrected chi connectivity index (χ2v) is 4.57. The zero-order valence-electron chi connectivity index (χ0n) is 10.2. The maximum Gasteiger partial charge on any atom is 0.101 e. The average Bonchev–Trinajstić information content (AvgIpc) is 2.45. The van der Waals surface area contributed by atoms with Crippen LogP contribution in [0.5, 0.6) is 0 Å². The van der Waals surface area contributed by atoms with E-state index in [0.29, 0.717) is 22.8 Å². The lowest BCUT2D eigenvalue weighted by Gasteiger charge is -2.09. The number of nitrogens with zero attached hydrogens (tertiary/aromatic N) is 1. The monoisotopic (exact) mass is 272 g/mol. The quantitative estimate of drug-likeness (QED) is 0.898. The van der Waals surface area contributed by atoms with Crippen LogP contribution < -0.4 is 5.32 Å². The van der Waals surface area contributed by atoms with Gasteiger partial charge in [-0.05, 0) is 29.3 Å². The third-order valence-corrected chi connectivity index (χ3v) is 2.99. The number of halogens is 1. The molecule has 0 unspecified atom stereocenters. The molecular weight excluding hydrogens is 260 g/mol. The van der Waals surface area contributed by atoms with Gasteiger partial charge in [0, 0.05) is 11.6 Å². The Kier molecular flexibility index (Phi) is 4.40. The molecule has 0 fully saturated rings. The minimum absolute atomic E-state index is 0.0223. The average molecular weight is 273 g/mol. The van der Waals surface area contributed by atoms with Gasteiger partial charge in [0.2, 0.25) is 0 Å². The van der Waals surface area contributed by atoms with Crippen molar-refractivity contribution in [3.63, 3.8) is 0 Å². The van der Waals surface area contributed by atoms with E-state index in [-0.39, 0.29) is 6.61 Å². The predicted octanol–water partition coefficient (Wildman–Crippen LogP) is 3.32. The van der Waals surface area contributed by atoms with Crippen molar-refractivity contribution in [2.45, 2.75) is 13.2 Å². The first-order chi connectivity index (χ1) is 9.22. The maximum absolute atomic E-state index is 9.08. The molecule has 0 spiro atoms. The zero-order valence-corrected chi connectivity index (χ0v) is 11.0. The molecule has 2 aromatic rings. The summed E-state index contributed by atoms with van der Waals surface area (Å²) in [6.45, 7) is 0.595. The molecule has 96 valence electrons. The Balaban J connectivity index is 2.14. The largest absolute Gasteiger partial charge is 0.392 e. The van der Waals surface area contributed by atoms with Crippen LogP contribution in [0.25, 0.3) is 0 Å². The number of aliphatic hydroxyl groups is 1. The molecule has 0 saturated carbocycles. The number of hydrogen-bond acceptors (Lipinski definition) is 3. The van der Waals surface area contributed by atoms with E-state index in [0.717, 1.165) is 11.1 Å². The highest BCUT2D eigenvalue weighted by atomic mass is 35.5. The molecule has 2 aromatic carbocycles. The van der Waals surface area contributed by atoms with E-state index in [1.807, 2.05) is 24.3 Å². The Morgan fingerprint density at radius 1 is 1.16 bits per heavy atom. The second kappa shape index (κ2) is 6.24. The van der Waals surface area contributed by atoms with Crippen molar-refractivity contribution in [2.24, 2.45) is 0 Å². The third kappa shape index (κ3) is 3.47. The van der Waals surface area contributed by atoms with Crippen molar-refractivity contribution in [3.8, 4) is 6.07 Å². The number of hydrogen-bond donors (Lipinski definition) is 2. The van der Waals surface area contributed by atoms with E-state index in [1.165, 1.54) is 0 Å². The molecule has 0 saturated heterocycles. The van der Waals surface area contributed by atoms with Crippen LogP contribution in [-0.4, -0.2) is 5.11 Å². The smallest absolute Gasteiger partial charge is 0.101 e. The molecule has 0 heterocycles. The predicted molar refractivity (Wildman–Crippen MR) is 75.9 cm³/mol. The van der Waals surface area contributed by atoms with Gasteiger partial charge in [0.15, 0.2) is 0 Å². The lowest BCUT2D eigenvalue weighted by atomic mass is 10.1. The number of benzene rings is 2. The van der Waals surface area contributed by atoms with Crippen molar-refractivity contribution < 1.29 is 5.11 Å². The minimum Gasteiger partial charge on any atom is -0.392 e. The van der Waals surface area contributed by atoms with E-state index < -0.39 is 0 Å². The van der Waals surface area contributed by atoms with Crippen LogP contribution in [0.4, 0.5) is 5.69 Å². The number of nitriles is 1.